The molecule has 0 radical (unpaired) electrons. The van der Waals surface area contributed by atoms with Crippen LogP contribution in [0.3, 0.4) is 0 Å². The van der Waals surface area contributed by atoms with E-state index >= 15 is 0 Å². The Labute approximate surface area is 359 Å². The van der Waals surface area contributed by atoms with E-state index in [4.69, 9.17) is 29.4 Å². The maximum Gasteiger partial charge on any atom is 0.161 e. The number of methoxy groups -OCH3 is 2. The summed E-state index contributed by atoms with van der Waals surface area (Å²) in [6.45, 7) is 16.1. The number of fused-ring (bicyclic) bond motifs is 4. The molecule has 9 rings (SSSR count). The van der Waals surface area contributed by atoms with Gasteiger partial charge in [-0.2, -0.15) is 0 Å². The van der Waals surface area contributed by atoms with Gasteiger partial charge in [-0.05, 0) is 79.1 Å². The van der Waals surface area contributed by atoms with Gasteiger partial charge in [-0.1, -0.05) is 44.2 Å². The van der Waals surface area contributed by atoms with E-state index in [2.05, 4.69) is 84.5 Å². The summed E-state index contributed by atoms with van der Waals surface area (Å²) in [5, 5.41) is 18.8. The van der Waals surface area contributed by atoms with Crippen LogP contribution in [0.4, 0.5) is 5.82 Å². The monoisotopic (exact) mass is 839 g/mol. The molecule has 0 amide bonds. The third kappa shape index (κ3) is 7.57. The Balaban J connectivity index is 1.07. The zero-order valence-electron chi connectivity index (χ0n) is 35.4. The first-order valence-electron chi connectivity index (χ1n) is 21.0. The molecular weight excluding hydrogens is 787 g/mol. The van der Waals surface area contributed by atoms with E-state index in [9.17, 15) is 5.41 Å². The van der Waals surface area contributed by atoms with Crippen molar-refractivity contribution in [1.82, 2.24) is 35.5 Å². The standard InChI is InChI=1S/C47H53N9O2S2/c1-28-25-32(30-11-8-7-9-12-30)51-45-37(28)39(41(59-45)43(48)55-21-17-49-18-22-55)47(3,4)16-10-13-36-53-40-38-29(2)26-33(31-14-15-34(57-5)35(27-31)58-6)52-46(38)60-42(40)44(54-36)56-23-19-50-20-24-56/h7-9,11-12,14-15,25-27,48-50H,10,13,16-24H2,1-6H3. The van der Waals surface area contributed by atoms with Gasteiger partial charge in [0.15, 0.2) is 17.3 Å². The molecular formula is C47H53N9O2S2. The largest absolute Gasteiger partial charge is 0.493 e. The van der Waals surface area contributed by atoms with Crippen LogP contribution in [0.5, 0.6) is 11.5 Å². The summed E-state index contributed by atoms with van der Waals surface area (Å²) in [7, 11) is 3.31. The second-order valence-electron chi connectivity index (χ2n) is 16.6. The number of piperazine rings is 2. The lowest BCUT2D eigenvalue weighted by Crippen LogP contribution is -2.46. The fourth-order valence-corrected chi connectivity index (χ4v) is 11.5. The number of aromatic nitrogens is 4. The van der Waals surface area contributed by atoms with Crippen molar-refractivity contribution in [3.63, 3.8) is 0 Å². The van der Waals surface area contributed by atoms with Gasteiger partial charge in [0.25, 0.3) is 0 Å². The molecule has 310 valence electrons. The molecule has 2 saturated heterocycles. The van der Waals surface area contributed by atoms with Gasteiger partial charge in [-0.15, -0.1) is 22.7 Å². The summed E-state index contributed by atoms with van der Waals surface area (Å²) in [6.07, 6.45) is 2.55. The summed E-state index contributed by atoms with van der Waals surface area (Å²) < 4.78 is 12.2. The predicted octanol–water partition coefficient (Wildman–Crippen LogP) is 8.76. The predicted molar refractivity (Wildman–Crippen MR) is 248 cm³/mol. The Morgan fingerprint density at radius 1 is 0.750 bits per heavy atom. The topological polar surface area (TPSA) is 124 Å². The number of rotatable bonds is 11. The van der Waals surface area contributed by atoms with Gasteiger partial charge in [0.1, 0.15) is 21.3 Å². The molecule has 2 fully saturated rings. The fraction of sp³-hybridized carbons (Fsp3) is 0.383. The van der Waals surface area contributed by atoms with Crippen LogP contribution in [-0.2, 0) is 11.8 Å². The lowest BCUT2D eigenvalue weighted by Gasteiger charge is -2.32. The maximum absolute atomic E-state index is 9.58. The molecule has 0 unspecified atom stereocenters. The second-order valence-corrected chi connectivity index (χ2v) is 18.6. The molecule has 0 bridgehead atoms. The maximum atomic E-state index is 9.58. The third-order valence-electron chi connectivity index (χ3n) is 12.1. The van der Waals surface area contributed by atoms with Crippen molar-refractivity contribution in [2.45, 2.75) is 52.4 Å². The number of anilines is 1. The van der Waals surface area contributed by atoms with Gasteiger partial charge >= 0.3 is 0 Å². The van der Waals surface area contributed by atoms with Gasteiger partial charge in [-0.3, -0.25) is 5.41 Å². The van der Waals surface area contributed by atoms with E-state index in [1.807, 2.05) is 24.3 Å². The Morgan fingerprint density at radius 2 is 1.40 bits per heavy atom. The average Bonchev–Trinajstić information content (AvgIpc) is 3.87. The van der Waals surface area contributed by atoms with E-state index in [-0.39, 0.29) is 5.41 Å². The lowest BCUT2D eigenvalue weighted by molar-refractivity contribution is 0.355. The third-order valence-corrected chi connectivity index (χ3v) is 14.2. The number of aryl methyl sites for hydroxylation is 3. The van der Waals surface area contributed by atoms with E-state index in [0.717, 1.165) is 141 Å². The lowest BCUT2D eigenvalue weighted by atomic mass is 9.78. The van der Waals surface area contributed by atoms with Crippen molar-refractivity contribution in [1.29, 1.82) is 5.41 Å². The van der Waals surface area contributed by atoms with E-state index < -0.39 is 0 Å². The highest BCUT2D eigenvalue weighted by molar-refractivity contribution is 7.26. The van der Waals surface area contributed by atoms with Gasteiger partial charge in [-0.25, -0.2) is 19.9 Å². The molecule has 2 aliphatic heterocycles. The number of thiophene rings is 2. The Morgan fingerprint density at radius 3 is 2.10 bits per heavy atom. The average molecular weight is 840 g/mol. The highest BCUT2D eigenvalue weighted by Crippen LogP contribution is 2.45. The number of amidine groups is 1. The Hall–Kier alpha value is -5.21. The SMILES string of the molecule is COc1ccc(-c2cc(C)c3c(n2)sc2c(N4CCNCC4)nc(CCCC(C)(C)c4c(C(=N)N5CCNCC5)sc5nc(-c6ccccc6)cc(C)c45)nc23)cc1OC. The van der Waals surface area contributed by atoms with E-state index in [1.54, 1.807) is 36.9 Å². The zero-order chi connectivity index (χ0) is 41.5. The molecule has 0 saturated carbocycles. The van der Waals surface area contributed by atoms with Crippen LogP contribution in [0.2, 0.25) is 0 Å². The molecule has 60 heavy (non-hydrogen) atoms. The summed E-state index contributed by atoms with van der Waals surface area (Å²) >= 11 is 3.37. The van der Waals surface area contributed by atoms with Crippen molar-refractivity contribution in [2.24, 2.45) is 0 Å². The summed E-state index contributed by atoms with van der Waals surface area (Å²) in [4.78, 5) is 28.8. The van der Waals surface area contributed by atoms with Crippen molar-refractivity contribution >= 4 is 65.0 Å². The number of hydrogen-bond donors (Lipinski definition) is 3. The van der Waals surface area contributed by atoms with Crippen LogP contribution in [0.15, 0.2) is 60.7 Å². The molecule has 5 aromatic heterocycles. The van der Waals surface area contributed by atoms with E-state index in [0.29, 0.717) is 17.3 Å². The van der Waals surface area contributed by atoms with Gasteiger partial charge in [0, 0.05) is 80.7 Å². The van der Waals surface area contributed by atoms with Crippen LogP contribution >= 0.6 is 22.7 Å². The molecule has 0 aliphatic carbocycles. The fourth-order valence-electron chi connectivity index (χ4n) is 8.89. The van der Waals surface area contributed by atoms with Crippen molar-refractivity contribution in [3.05, 3.63) is 88.1 Å². The Kier molecular flexibility index (Phi) is 11.2. The highest BCUT2D eigenvalue weighted by Gasteiger charge is 2.33. The van der Waals surface area contributed by atoms with Gasteiger partial charge in [0.2, 0.25) is 0 Å². The van der Waals surface area contributed by atoms with Crippen LogP contribution in [0, 0.1) is 19.3 Å². The molecule has 0 atom stereocenters. The van der Waals surface area contributed by atoms with Gasteiger partial charge < -0.3 is 29.9 Å². The number of ether oxygens (including phenoxy) is 2. The van der Waals surface area contributed by atoms with Crippen molar-refractivity contribution < 1.29 is 9.47 Å². The summed E-state index contributed by atoms with van der Waals surface area (Å²) in [5.41, 5.74) is 8.27. The van der Waals surface area contributed by atoms with Crippen LogP contribution in [0.1, 0.15) is 54.1 Å². The quantitative estimate of drug-likeness (QED) is 0.0861. The molecule has 7 heterocycles. The number of benzene rings is 2. The number of nitrogens with one attached hydrogen (secondary N) is 3. The minimum atomic E-state index is -0.240. The van der Waals surface area contributed by atoms with Crippen LogP contribution in [-0.4, -0.2) is 97.2 Å². The van der Waals surface area contributed by atoms with Gasteiger partial charge in [0.05, 0.1) is 40.7 Å². The number of nitrogens with zero attached hydrogens (tertiary/aromatic N) is 6. The summed E-state index contributed by atoms with van der Waals surface area (Å²) in [6, 6.07) is 20.7. The first-order chi connectivity index (χ1) is 29.1. The molecule has 3 N–H and O–H groups in total. The number of pyridine rings is 2. The van der Waals surface area contributed by atoms with Crippen LogP contribution < -0.4 is 25.0 Å². The van der Waals surface area contributed by atoms with E-state index in [1.165, 1.54) is 16.5 Å². The molecule has 2 aliphatic rings. The number of hydrogen-bond acceptors (Lipinski definition) is 12. The minimum Gasteiger partial charge on any atom is -0.493 e. The highest BCUT2D eigenvalue weighted by atomic mass is 32.1. The smallest absolute Gasteiger partial charge is 0.161 e. The minimum absolute atomic E-state index is 0.240. The molecule has 7 aromatic rings. The first kappa shape index (κ1) is 40.2. The second kappa shape index (κ2) is 16.7. The first-order valence-corrected chi connectivity index (χ1v) is 22.6. The molecule has 13 heteroatoms. The summed E-state index contributed by atoms with van der Waals surface area (Å²) in [5.74, 6) is 3.86. The van der Waals surface area contributed by atoms with Crippen molar-refractivity contribution in [3.8, 4) is 34.0 Å². The molecule has 2 aromatic carbocycles. The van der Waals surface area contributed by atoms with Crippen LogP contribution in [0.25, 0.3) is 53.2 Å². The zero-order valence-corrected chi connectivity index (χ0v) is 37.0. The molecule has 0 spiro atoms. The Bertz CT molecular complexity index is 2720. The van der Waals surface area contributed by atoms with Crippen molar-refractivity contribution in [2.75, 3.05) is 71.5 Å². The normalized spacial score (nSPS) is 15.0. The molecule has 11 nitrogen and oxygen atoms in total.